The van der Waals surface area contributed by atoms with Crippen LogP contribution < -0.4 is 10.1 Å². The van der Waals surface area contributed by atoms with Crippen molar-refractivity contribution in [1.82, 2.24) is 14.7 Å². The second-order valence-corrected chi connectivity index (χ2v) is 5.96. The van der Waals surface area contributed by atoms with Crippen LogP contribution in [0.25, 0.3) is 4.96 Å². The Balaban J connectivity index is 1.87. The molecule has 0 aliphatic carbocycles. The zero-order valence-electron chi connectivity index (χ0n) is 11.7. The summed E-state index contributed by atoms with van der Waals surface area (Å²) < 4.78 is 7.98. The van der Waals surface area contributed by atoms with E-state index in [1.54, 1.807) is 11.3 Å². The number of thiazole rings is 1. The van der Waals surface area contributed by atoms with Gasteiger partial charge in [-0.25, -0.2) is 0 Å². The van der Waals surface area contributed by atoms with E-state index < -0.39 is 0 Å². The highest BCUT2D eigenvalue weighted by molar-refractivity contribution is 7.15. The van der Waals surface area contributed by atoms with Gasteiger partial charge in [0, 0.05) is 23.1 Å². The van der Waals surface area contributed by atoms with Gasteiger partial charge >= 0.3 is 0 Å². The predicted octanol–water partition coefficient (Wildman–Crippen LogP) is 4.34. The van der Waals surface area contributed by atoms with Crippen molar-refractivity contribution in [2.24, 2.45) is 0 Å². The molecule has 0 unspecified atom stereocenters. The van der Waals surface area contributed by atoms with Gasteiger partial charge in [0.05, 0.1) is 0 Å². The van der Waals surface area contributed by atoms with Crippen LogP contribution in [0, 0.1) is 0 Å². The number of nitrogens with one attached hydrogen (secondary N) is 1. The molecule has 0 saturated heterocycles. The Kier molecular flexibility index (Phi) is 4.43. The summed E-state index contributed by atoms with van der Waals surface area (Å²) in [7, 11) is 0. The molecule has 0 saturated carbocycles. The maximum absolute atomic E-state index is 5.91. The molecule has 1 N–H and O–H groups in total. The Hall–Kier alpha value is -1.56. The number of hydrogen-bond acceptors (Lipinski definition) is 4. The molecule has 0 radical (unpaired) electrons. The molecule has 0 fully saturated rings. The van der Waals surface area contributed by atoms with Crippen LogP contribution in [-0.4, -0.2) is 15.9 Å². The molecule has 110 valence electrons. The third-order valence-electron chi connectivity index (χ3n) is 3.07. The van der Waals surface area contributed by atoms with Crippen LogP contribution >= 0.6 is 22.9 Å². The number of benzene rings is 1. The van der Waals surface area contributed by atoms with Gasteiger partial charge < -0.3 is 10.1 Å². The average molecular weight is 322 g/mol. The van der Waals surface area contributed by atoms with Gasteiger partial charge in [0.2, 0.25) is 5.88 Å². The zero-order chi connectivity index (χ0) is 14.7. The van der Waals surface area contributed by atoms with E-state index in [1.807, 2.05) is 35.8 Å². The third kappa shape index (κ3) is 3.20. The van der Waals surface area contributed by atoms with Crippen molar-refractivity contribution in [2.75, 3.05) is 6.54 Å². The molecule has 0 atom stereocenters. The molecule has 3 rings (SSSR count). The molecule has 2 aromatic heterocycles. The summed E-state index contributed by atoms with van der Waals surface area (Å²) in [6.07, 6.45) is 3.11. The molecule has 0 bridgehead atoms. The largest absolute Gasteiger partial charge is 0.437 e. The number of aromatic nitrogens is 2. The van der Waals surface area contributed by atoms with Gasteiger partial charge in [0.25, 0.3) is 0 Å². The number of imidazole rings is 1. The summed E-state index contributed by atoms with van der Waals surface area (Å²) >= 11 is 7.49. The first kappa shape index (κ1) is 14.4. The highest BCUT2D eigenvalue weighted by Crippen LogP contribution is 2.28. The highest BCUT2D eigenvalue weighted by atomic mass is 35.5. The predicted molar refractivity (Wildman–Crippen MR) is 86.6 cm³/mol. The monoisotopic (exact) mass is 321 g/mol. The quantitative estimate of drug-likeness (QED) is 0.686. The molecule has 0 aliphatic rings. The van der Waals surface area contributed by atoms with E-state index in [2.05, 4.69) is 21.6 Å². The minimum Gasteiger partial charge on any atom is -0.437 e. The number of fused-ring (bicyclic) bond motifs is 1. The van der Waals surface area contributed by atoms with E-state index in [4.69, 9.17) is 16.3 Å². The van der Waals surface area contributed by atoms with Crippen LogP contribution in [0.1, 0.15) is 19.0 Å². The van der Waals surface area contributed by atoms with Gasteiger partial charge in [0.1, 0.15) is 11.4 Å². The SMILES string of the molecule is CCCNCc1c(Oc2ccc(Cl)cc2)nc2sccn12. The van der Waals surface area contributed by atoms with E-state index in [1.165, 1.54) is 0 Å². The van der Waals surface area contributed by atoms with Gasteiger partial charge in [-0.2, -0.15) is 4.98 Å². The molecule has 3 aromatic rings. The van der Waals surface area contributed by atoms with Crippen molar-refractivity contribution >= 4 is 27.9 Å². The molecule has 0 aliphatic heterocycles. The normalized spacial score (nSPS) is 11.1. The van der Waals surface area contributed by atoms with Crippen molar-refractivity contribution in [3.8, 4) is 11.6 Å². The first-order valence-corrected chi connectivity index (χ1v) is 8.12. The standard InChI is InChI=1S/C15H16ClN3OS/c1-2-7-17-10-13-14(18-15-19(13)8-9-21-15)20-12-5-3-11(16)4-6-12/h3-6,8-9,17H,2,7,10H2,1H3. The van der Waals surface area contributed by atoms with Crippen molar-refractivity contribution in [3.63, 3.8) is 0 Å². The molecule has 21 heavy (non-hydrogen) atoms. The van der Waals surface area contributed by atoms with Crippen LogP contribution in [0.2, 0.25) is 5.02 Å². The number of ether oxygens (including phenoxy) is 1. The smallest absolute Gasteiger partial charge is 0.243 e. The fourth-order valence-electron chi connectivity index (χ4n) is 2.05. The lowest BCUT2D eigenvalue weighted by Crippen LogP contribution is -2.15. The molecular weight excluding hydrogens is 306 g/mol. The summed E-state index contributed by atoms with van der Waals surface area (Å²) in [4.78, 5) is 5.49. The van der Waals surface area contributed by atoms with E-state index in [0.29, 0.717) is 10.9 Å². The lowest BCUT2D eigenvalue weighted by Gasteiger charge is -2.07. The van der Waals surface area contributed by atoms with Crippen LogP contribution in [0.3, 0.4) is 0 Å². The van der Waals surface area contributed by atoms with Gasteiger partial charge in [-0.3, -0.25) is 4.40 Å². The molecule has 1 aromatic carbocycles. The Morgan fingerprint density at radius 1 is 1.33 bits per heavy atom. The summed E-state index contributed by atoms with van der Waals surface area (Å²) in [5.74, 6) is 1.38. The van der Waals surface area contributed by atoms with Crippen molar-refractivity contribution in [2.45, 2.75) is 19.9 Å². The van der Waals surface area contributed by atoms with Gasteiger partial charge in [-0.1, -0.05) is 18.5 Å². The first-order valence-electron chi connectivity index (χ1n) is 6.86. The number of rotatable bonds is 6. The van der Waals surface area contributed by atoms with E-state index in [9.17, 15) is 0 Å². The first-order chi connectivity index (χ1) is 10.3. The van der Waals surface area contributed by atoms with Gasteiger partial charge in [0.15, 0.2) is 4.96 Å². The molecule has 6 heteroatoms. The lowest BCUT2D eigenvalue weighted by atomic mass is 10.3. The average Bonchev–Trinajstić information content (AvgIpc) is 3.04. The number of hydrogen-bond donors (Lipinski definition) is 1. The minimum absolute atomic E-state index is 0.646. The summed E-state index contributed by atoms with van der Waals surface area (Å²) in [5.41, 5.74) is 1.04. The highest BCUT2D eigenvalue weighted by Gasteiger charge is 2.14. The molecule has 4 nitrogen and oxygen atoms in total. The second kappa shape index (κ2) is 6.47. The Labute approximate surface area is 132 Å². The lowest BCUT2D eigenvalue weighted by molar-refractivity contribution is 0.455. The van der Waals surface area contributed by atoms with Gasteiger partial charge in [-0.05, 0) is 37.2 Å². The Bertz CT molecular complexity index is 720. The zero-order valence-corrected chi connectivity index (χ0v) is 13.2. The van der Waals surface area contributed by atoms with E-state index >= 15 is 0 Å². The van der Waals surface area contributed by atoms with E-state index in [-0.39, 0.29) is 0 Å². The maximum Gasteiger partial charge on any atom is 0.243 e. The third-order valence-corrected chi connectivity index (χ3v) is 4.08. The maximum atomic E-state index is 5.91. The molecule has 0 amide bonds. The summed E-state index contributed by atoms with van der Waals surface area (Å²) in [6.45, 7) is 3.85. The van der Waals surface area contributed by atoms with E-state index in [0.717, 1.165) is 35.9 Å². The number of halogens is 1. The van der Waals surface area contributed by atoms with Crippen molar-refractivity contribution in [1.29, 1.82) is 0 Å². The Morgan fingerprint density at radius 2 is 2.14 bits per heavy atom. The molecule has 2 heterocycles. The van der Waals surface area contributed by atoms with Crippen LogP contribution in [0.15, 0.2) is 35.8 Å². The van der Waals surface area contributed by atoms with Gasteiger partial charge in [-0.15, -0.1) is 11.3 Å². The minimum atomic E-state index is 0.646. The topological polar surface area (TPSA) is 38.6 Å². The van der Waals surface area contributed by atoms with Crippen molar-refractivity contribution in [3.05, 3.63) is 46.6 Å². The number of nitrogens with zero attached hydrogens (tertiary/aromatic N) is 2. The van der Waals surface area contributed by atoms with Crippen LogP contribution in [0.4, 0.5) is 0 Å². The molecule has 0 spiro atoms. The summed E-state index contributed by atoms with van der Waals surface area (Å²) in [5, 5.41) is 6.12. The Morgan fingerprint density at radius 3 is 2.90 bits per heavy atom. The molecular formula is C15H16ClN3OS. The van der Waals surface area contributed by atoms with Crippen LogP contribution in [0.5, 0.6) is 11.6 Å². The van der Waals surface area contributed by atoms with Crippen LogP contribution in [-0.2, 0) is 6.54 Å². The summed E-state index contributed by atoms with van der Waals surface area (Å²) in [6, 6.07) is 7.31. The second-order valence-electron chi connectivity index (χ2n) is 4.65. The van der Waals surface area contributed by atoms with Crippen molar-refractivity contribution < 1.29 is 4.74 Å². The fourth-order valence-corrected chi connectivity index (χ4v) is 2.90. The fraction of sp³-hybridized carbons (Fsp3) is 0.267.